The molecule has 1 fully saturated rings. The molecule has 2 aromatic rings. The molecular formula is C21H23ClN4. The first kappa shape index (κ1) is 18.1. The van der Waals surface area contributed by atoms with Crippen molar-refractivity contribution < 1.29 is 0 Å². The highest BCUT2D eigenvalue weighted by atomic mass is 35.5. The van der Waals surface area contributed by atoms with Gasteiger partial charge in [0.2, 0.25) is 0 Å². The molecule has 134 valence electrons. The first-order valence-corrected chi connectivity index (χ1v) is 9.04. The summed E-state index contributed by atoms with van der Waals surface area (Å²) in [4.78, 5) is 0. The van der Waals surface area contributed by atoms with E-state index in [-0.39, 0.29) is 10.7 Å². The van der Waals surface area contributed by atoms with Gasteiger partial charge in [-0.3, -0.25) is 5.41 Å². The van der Waals surface area contributed by atoms with E-state index in [1.807, 2.05) is 60.7 Å². The summed E-state index contributed by atoms with van der Waals surface area (Å²) in [5.41, 5.74) is 15.2. The van der Waals surface area contributed by atoms with Gasteiger partial charge < -0.3 is 16.8 Å². The molecular weight excluding hydrogens is 344 g/mol. The summed E-state index contributed by atoms with van der Waals surface area (Å²) < 4.78 is 0. The Bertz CT molecular complexity index is 837. The molecule has 5 heteroatoms. The predicted molar refractivity (Wildman–Crippen MR) is 109 cm³/mol. The zero-order valence-electron chi connectivity index (χ0n) is 14.5. The van der Waals surface area contributed by atoms with E-state index in [1.165, 1.54) is 12.8 Å². The lowest BCUT2D eigenvalue weighted by Crippen LogP contribution is -2.27. The van der Waals surface area contributed by atoms with Crippen molar-refractivity contribution in [2.45, 2.75) is 12.8 Å². The van der Waals surface area contributed by atoms with Crippen LogP contribution in [0.5, 0.6) is 0 Å². The highest BCUT2D eigenvalue weighted by molar-refractivity contribution is 6.39. The van der Waals surface area contributed by atoms with Crippen LogP contribution in [0.15, 0.2) is 77.1 Å². The number of halogens is 1. The van der Waals surface area contributed by atoms with Gasteiger partial charge in [0.25, 0.3) is 0 Å². The van der Waals surface area contributed by atoms with Gasteiger partial charge in [-0.2, -0.15) is 0 Å². The molecule has 0 amide bonds. The topological polar surface area (TPSA) is 87.9 Å². The first-order valence-electron chi connectivity index (χ1n) is 8.67. The highest BCUT2D eigenvalue weighted by Crippen LogP contribution is 2.29. The highest BCUT2D eigenvalue weighted by Gasteiger charge is 2.23. The normalized spacial score (nSPS) is 15.7. The van der Waals surface area contributed by atoms with E-state index < -0.39 is 0 Å². The van der Waals surface area contributed by atoms with E-state index in [0.717, 1.165) is 17.7 Å². The molecule has 26 heavy (non-hydrogen) atoms. The molecule has 4 nitrogen and oxygen atoms in total. The summed E-state index contributed by atoms with van der Waals surface area (Å²) in [5, 5.41) is 12.2. The van der Waals surface area contributed by atoms with Crippen molar-refractivity contribution in [3.05, 3.63) is 88.2 Å². The van der Waals surface area contributed by atoms with Gasteiger partial charge >= 0.3 is 0 Å². The number of hydrogen-bond acceptors (Lipinski definition) is 4. The molecule has 0 unspecified atom stereocenters. The van der Waals surface area contributed by atoms with E-state index in [9.17, 15) is 0 Å². The molecule has 0 radical (unpaired) electrons. The van der Waals surface area contributed by atoms with Gasteiger partial charge in [0.05, 0.1) is 22.0 Å². The van der Waals surface area contributed by atoms with Gasteiger partial charge in [-0.05, 0) is 24.3 Å². The molecule has 0 atom stereocenters. The molecule has 0 heterocycles. The number of hydrogen-bond donors (Lipinski definition) is 4. The minimum Gasteiger partial charge on any atom is -0.397 e. The summed E-state index contributed by atoms with van der Waals surface area (Å²) in [7, 11) is 0. The van der Waals surface area contributed by atoms with Gasteiger partial charge in [-0.25, -0.2) is 0 Å². The zero-order chi connectivity index (χ0) is 18.5. The minimum atomic E-state index is 0.246. The van der Waals surface area contributed by atoms with Crippen molar-refractivity contribution >= 4 is 23.0 Å². The Morgan fingerprint density at radius 1 is 0.962 bits per heavy atom. The zero-order valence-corrected chi connectivity index (χ0v) is 15.3. The van der Waals surface area contributed by atoms with E-state index in [0.29, 0.717) is 23.0 Å². The van der Waals surface area contributed by atoms with E-state index in [2.05, 4.69) is 5.32 Å². The SMILES string of the molecule is N=C(C(=C(/N)NCC1CC1)/C(Cl)=C(\N)c1ccccc1)c1ccccc1. The predicted octanol–water partition coefficient (Wildman–Crippen LogP) is 3.79. The largest absolute Gasteiger partial charge is 0.397 e. The summed E-state index contributed by atoms with van der Waals surface area (Å²) in [6.45, 7) is 0.785. The first-order chi connectivity index (χ1) is 12.6. The van der Waals surface area contributed by atoms with Crippen LogP contribution in [0.3, 0.4) is 0 Å². The van der Waals surface area contributed by atoms with Crippen LogP contribution in [-0.2, 0) is 0 Å². The maximum absolute atomic E-state index is 8.65. The molecule has 0 aliphatic heterocycles. The average Bonchev–Trinajstić information content (AvgIpc) is 3.51. The van der Waals surface area contributed by atoms with Crippen molar-refractivity contribution in [2.75, 3.05) is 6.54 Å². The second-order valence-electron chi connectivity index (χ2n) is 6.45. The third kappa shape index (κ3) is 4.27. The molecule has 2 aromatic carbocycles. The van der Waals surface area contributed by atoms with E-state index in [4.69, 9.17) is 28.5 Å². The molecule has 0 bridgehead atoms. The lowest BCUT2D eigenvalue weighted by atomic mass is 9.99. The molecule has 0 aromatic heterocycles. The number of allylic oxidation sites excluding steroid dienone is 2. The fourth-order valence-corrected chi connectivity index (χ4v) is 2.96. The maximum Gasteiger partial charge on any atom is 0.107 e. The van der Waals surface area contributed by atoms with Crippen LogP contribution >= 0.6 is 11.6 Å². The van der Waals surface area contributed by atoms with Crippen molar-refractivity contribution in [1.82, 2.24) is 5.32 Å². The van der Waals surface area contributed by atoms with Crippen LogP contribution in [-0.4, -0.2) is 12.3 Å². The van der Waals surface area contributed by atoms with Crippen molar-refractivity contribution in [3.8, 4) is 0 Å². The van der Waals surface area contributed by atoms with Gasteiger partial charge in [0.1, 0.15) is 5.82 Å². The Hall–Kier alpha value is -2.72. The second-order valence-corrected chi connectivity index (χ2v) is 6.83. The second kappa shape index (κ2) is 8.11. The Morgan fingerprint density at radius 2 is 1.50 bits per heavy atom. The monoisotopic (exact) mass is 366 g/mol. The average molecular weight is 367 g/mol. The minimum absolute atomic E-state index is 0.246. The molecule has 1 aliphatic carbocycles. The Labute approximate surface area is 159 Å². The number of nitrogens with two attached hydrogens (primary N) is 2. The number of nitrogens with one attached hydrogen (secondary N) is 2. The Balaban J connectivity index is 2.01. The molecule has 1 aliphatic rings. The molecule has 6 N–H and O–H groups in total. The molecule has 0 spiro atoms. The van der Waals surface area contributed by atoms with Crippen molar-refractivity contribution in [3.63, 3.8) is 0 Å². The van der Waals surface area contributed by atoms with Crippen LogP contribution in [0.1, 0.15) is 24.0 Å². The maximum atomic E-state index is 8.65. The third-order valence-electron chi connectivity index (χ3n) is 4.40. The van der Waals surface area contributed by atoms with Gasteiger partial charge in [-0.15, -0.1) is 0 Å². The number of rotatable bonds is 7. The van der Waals surface area contributed by atoms with E-state index >= 15 is 0 Å². The van der Waals surface area contributed by atoms with Crippen LogP contribution in [0, 0.1) is 11.3 Å². The van der Waals surface area contributed by atoms with Gasteiger partial charge in [-0.1, -0.05) is 72.3 Å². The van der Waals surface area contributed by atoms with E-state index in [1.54, 1.807) is 0 Å². The third-order valence-corrected chi connectivity index (χ3v) is 4.79. The lowest BCUT2D eigenvalue weighted by Gasteiger charge is -2.16. The lowest BCUT2D eigenvalue weighted by molar-refractivity contribution is 0.708. The Morgan fingerprint density at radius 3 is 2.04 bits per heavy atom. The quantitative estimate of drug-likeness (QED) is 0.444. The van der Waals surface area contributed by atoms with Gasteiger partial charge in [0.15, 0.2) is 0 Å². The summed E-state index contributed by atoms with van der Waals surface area (Å²) >= 11 is 6.64. The fraction of sp³-hybridized carbons (Fsp3) is 0.190. The van der Waals surface area contributed by atoms with Crippen molar-refractivity contribution in [2.24, 2.45) is 17.4 Å². The van der Waals surface area contributed by atoms with Crippen LogP contribution in [0.4, 0.5) is 0 Å². The number of benzene rings is 2. The van der Waals surface area contributed by atoms with Crippen LogP contribution in [0.2, 0.25) is 0 Å². The van der Waals surface area contributed by atoms with Crippen molar-refractivity contribution in [1.29, 1.82) is 5.41 Å². The summed E-state index contributed by atoms with van der Waals surface area (Å²) in [5.74, 6) is 1.03. The smallest absolute Gasteiger partial charge is 0.107 e. The summed E-state index contributed by atoms with van der Waals surface area (Å²) in [6.07, 6.45) is 2.42. The molecule has 3 rings (SSSR count). The molecule has 1 saturated carbocycles. The fourth-order valence-electron chi connectivity index (χ4n) is 2.66. The van der Waals surface area contributed by atoms with Gasteiger partial charge in [0, 0.05) is 12.1 Å². The summed E-state index contributed by atoms with van der Waals surface area (Å²) in [6, 6.07) is 18.9. The standard InChI is InChI=1S/C21H23ClN4/c22-18(20(24)16-9-5-2-6-10-16)17(21(25)26-13-14-11-12-14)19(23)15-7-3-1-4-8-15/h1-10,14,23,26H,11-13,24-25H2/b20-18+,21-17-,23-19?. The van der Waals surface area contributed by atoms with Crippen LogP contribution < -0.4 is 16.8 Å². The Kier molecular flexibility index (Phi) is 5.64. The molecule has 0 saturated heterocycles. The van der Waals surface area contributed by atoms with Crippen LogP contribution in [0.25, 0.3) is 5.70 Å².